The molecular weight excluding hydrogens is 770 g/mol. The van der Waals surface area contributed by atoms with Gasteiger partial charge in [-0.25, -0.2) is 9.97 Å². The molecule has 63 heavy (non-hydrogen) atoms. The summed E-state index contributed by atoms with van der Waals surface area (Å²) in [6.07, 6.45) is 8.68. The van der Waals surface area contributed by atoms with Crippen LogP contribution in [0.3, 0.4) is 0 Å². The van der Waals surface area contributed by atoms with Crippen LogP contribution in [0.25, 0.3) is 90.9 Å². The molecule has 2 aliphatic rings. The lowest BCUT2D eigenvalue weighted by Crippen LogP contribution is -2.14. The van der Waals surface area contributed by atoms with Crippen molar-refractivity contribution in [2.24, 2.45) is 0 Å². The summed E-state index contributed by atoms with van der Waals surface area (Å²) >= 11 is 0. The lowest BCUT2D eigenvalue weighted by Gasteiger charge is -2.14. The van der Waals surface area contributed by atoms with E-state index in [0.29, 0.717) is 0 Å². The van der Waals surface area contributed by atoms with Gasteiger partial charge in [0.25, 0.3) is 0 Å². The minimum Gasteiger partial charge on any atom is -0.378 e. The number of H-pyrrole nitrogens is 2. The maximum atomic E-state index is 10.3. The summed E-state index contributed by atoms with van der Waals surface area (Å²) in [4.78, 5) is 19.1. The fourth-order valence-electron chi connectivity index (χ4n) is 9.97. The van der Waals surface area contributed by atoms with Crippen molar-refractivity contribution in [3.63, 3.8) is 0 Å². The highest BCUT2D eigenvalue weighted by molar-refractivity contribution is 6.01. The number of aromatic nitrogens is 4. The lowest BCUT2D eigenvalue weighted by atomic mass is 9.92. The smallest absolute Gasteiger partial charge is 0.120 e. The van der Waals surface area contributed by atoms with Gasteiger partial charge in [-0.05, 0) is 192 Å². The van der Waals surface area contributed by atoms with Crippen molar-refractivity contribution in [2.45, 2.75) is 81.8 Å². The minimum atomic E-state index is -1.09. The topological polar surface area (TPSA) is 77.6 Å². The highest BCUT2D eigenvalue weighted by Crippen LogP contribution is 2.42. The first kappa shape index (κ1) is 41.4. The molecule has 0 radical (unpaired) electrons. The summed E-state index contributed by atoms with van der Waals surface area (Å²) in [5, 5.41) is 10.3. The Morgan fingerprint density at radius 3 is 1.03 bits per heavy atom. The lowest BCUT2D eigenvalue weighted by molar-refractivity contribution is 0.143. The molecule has 0 saturated carbocycles. The zero-order valence-electron chi connectivity index (χ0n) is 38.2. The number of aryl methyl sites for hydroxylation is 9. The quantitative estimate of drug-likeness (QED) is 0.155. The van der Waals surface area contributed by atoms with Crippen molar-refractivity contribution in [1.82, 2.24) is 19.9 Å². The Bertz CT molecular complexity index is 3220. The highest BCUT2D eigenvalue weighted by Gasteiger charge is 2.22. The Morgan fingerprint density at radius 1 is 0.413 bits per heavy atom. The summed E-state index contributed by atoms with van der Waals surface area (Å²) in [5.41, 5.74) is 26.7. The number of benzene rings is 4. The molecule has 0 saturated heterocycles. The van der Waals surface area contributed by atoms with Gasteiger partial charge in [-0.3, -0.25) is 0 Å². The molecule has 7 aromatic rings. The molecule has 9 rings (SSSR count). The number of rotatable bonds is 4. The Labute approximate surface area is 371 Å². The van der Waals surface area contributed by atoms with Crippen LogP contribution in [-0.2, 0) is 0 Å². The van der Waals surface area contributed by atoms with E-state index in [4.69, 9.17) is 9.97 Å². The average molecular weight is 824 g/mol. The molecule has 312 valence electrons. The zero-order chi connectivity index (χ0) is 44.5. The van der Waals surface area contributed by atoms with Crippen LogP contribution in [0, 0.1) is 74.2 Å². The van der Waals surface area contributed by atoms with Gasteiger partial charge < -0.3 is 15.1 Å². The van der Waals surface area contributed by atoms with Crippen molar-refractivity contribution in [3.8, 4) is 56.3 Å². The summed E-state index contributed by atoms with van der Waals surface area (Å²) in [7, 11) is 0. The first-order chi connectivity index (χ1) is 30.0. The molecule has 0 spiro atoms. The fourth-order valence-corrected chi connectivity index (χ4v) is 9.97. The molecule has 5 nitrogen and oxygen atoms in total. The Balaban J connectivity index is 1.48. The van der Waals surface area contributed by atoms with E-state index in [1.54, 1.807) is 13.8 Å². The molecular formula is C58H54N4O. The van der Waals surface area contributed by atoms with Gasteiger partial charge in [-0.1, -0.05) is 77.1 Å². The predicted octanol–water partition coefficient (Wildman–Crippen LogP) is 14.2. The predicted molar refractivity (Wildman–Crippen MR) is 266 cm³/mol. The van der Waals surface area contributed by atoms with Crippen molar-refractivity contribution in [3.05, 3.63) is 163 Å². The van der Waals surface area contributed by atoms with E-state index in [1.807, 2.05) is 12.1 Å². The first-order valence-electron chi connectivity index (χ1n) is 21.8. The van der Waals surface area contributed by atoms with Crippen LogP contribution in [0.5, 0.6) is 0 Å². The van der Waals surface area contributed by atoms with E-state index in [9.17, 15) is 5.11 Å². The third kappa shape index (κ3) is 7.77. The molecule has 0 atom stereocenters. The maximum Gasteiger partial charge on any atom is 0.120 e. The van der Waals surface area contributed by atoms with E-state index in [2.05, 4.69) is 181 Å². The number of hydrogen-bond donors (Lipinski definition) is 3. The monoisotopic (exact) mass is 823 g/mol. The molecule has 0 fully saturated rings. The molecule has 3 N–H and O–H groups in total. The van der Waals surface area contributed by atoms with Crippen molar-refractivity contribution >= 4 is 46.4 Å². The van der Waals surface area contributed by atoms with Crippen molar-refractivity contribution < 1.29 is 5.11 Å². The summed E-state index contributed by atoms with van der Waals surface area (Å²) < 4.78 is 0. The van der Waals surface area contributed by atoms with Gasteiger partial charge in [0.05, 0.1) is 22.8 Å². The molecule has 0 aliphatic carbocycles. The van der Waals surface area contributed by atoms with E-state index < -0.39 is 5.60 Å². The maximum absolute atomic E-state index is 10.3. The van der Waals surface area contributed by atoms with E-state index in [0.717, 1.165) is 78.2 Å². The van der Waals surface area contributed by atoms with E-state index >= 15 is 0 Å². The Morgan fingerprint density at radius 2 is 0.714 bits per heavy atom. The number of hydrogen-bond acceptors (Lipinski definition) is 3. The van der Waals surface area contributed by atoms with Crippen molar-refractivity contribution in [1.29, 1.82) is 0 Å². The summed E-state index contributed by atoms with van der Waals surface area (Å²) in [5.74, 6) is 6.10. The molecule has 5 heterocycles. The standard InChI is InChI=1S/C58H54N4O/c1-32-26-35(4)51(36(5)27-32)55-45-18-16-43(59-45)54(42-14-12-41(13-15-42)24-25-58(10,11)63)44-17-19-46(60-44)56(52-37(6)28-33(2)29-38(52)7)48-21-23-50(62-48)57(49-22-20-47(55)61-49)53-39(8)30-34(3)31-40(53)9/h12-23,26-31,59,62-63H,1-11H3/i54+1. The minimum absolute atomic E-state index is 0.827. The zero-order valence-corrected chi connectivity index (χ0v) is 38.2. The average Bonchev–Trinajstić information content (AvgIpc) is 4.04. The number of nitrogens with one attached hydrogen (secondary N) is 2. The molecule has 4 aromatic carbocycles. The third-order valence-corrected chi connectivity index (χ3v) is 12.2. The second-order valence-corrected chi connectivity index (χ2v) is 18.2. The van der Waals surface area contributed by atoms with Gasteiger partial charge in [0.1, 0.15) is 5.60 Å². The third-order valence-electron chi connectivity index (χ3n) is 12.2. The Kier molecular flexibility index (Phi) is 10.3. The molecule has 2 aliphatic heterocycles. The van der Waals surface area contributed by atoms with Gasteiger partial charge in [-0.2, -0.15) is 0 Å². The van der Waals surface area contributed by atoms with Crippen LogP contribution < -0.4 is 0 Å². The normalized spacial score (nSPS) is 12.2. The largest absolute Gasteiger partial charge is 0.378 e. The summed E-state index contributed by atoms with van der Waals surface area (Å²) in [6, 6.07) is 30.6. The molecule has 0 unspecified atom stereocenters. The number of aliphatic hydroxyl groups is 1. The van der Waals surface area contributed by atoms with Gasteiger partial charge in [0, 0.05) is 49.9 Å². The number of nitrogens with zero attached hydrogens (tertiary/aromatic N) is 2. The van der Waals surface area contributed by atoms with E-state index in [-0.39, 0.29) is 0 Å². The van der Waals surface area contributed by atoms with Crippen LogP contribution in [0.15, 0.2) is 84.9 Å². The van der Waals surface area contributed by atoms with Gasteiger partial charge in [-0.15, -0.1) is 0 Å². The van der Waals surface area contributed by atoms with Gasteiger partial charge >= 0.3 is 0 Å². The van der Waals surface area contributed by atoms with E-state index in [1.165, 1.54) is 66.8 Å². The Hall–Kier alpha value is -7.00. The molecule has 0 amide bonds. The first-order valence-corrected chi connectivity index (χ1v) is 21.8. The fraction of sp³-hybridized carbons (Fsp3) is 0.207. The molecule has 8 bridgehead atoms. The second-order valence-electron chi connectivity index (χ2n) is 18.2. The highest BCUT2D eigenvalue weighted by atomic mass is 16.3. The van der Waals surface area contributed by atoms with Crippen molar-refractivity contribution in [2.75, 3.05) is 0 Å². The molecule has 5 heteroatoms. The second kappa shape index (κ2) is 15.7. The number of fused-ring (bicyclic) bond motifs is 8. The van der Waals surface area contributed by atoms with Crippen LogP contribution in [0.4, 0.5) is 0 Å². The molecule has 3 aromatic heterocycles. The van der Waals surface area contributed by atoms with Crippen LogP contribution in [-0.4, -0.2) is 30.6 Å². The number of aromatic amines is 2. The van der Waals surface area contributed by atoms with Crippen LogP contribution in [0.2, 0.25) is 0 Å². The van der Waals surface area contributed by atoms with Crippen LogP contribution in [0.1, 0.15) is 92.3 Å². The summed E-state index contributed by atoms with van der Waals surface area (Å²) in [6.45, 7) is 23.1. The van der Waals surface area contributed by atoms with Crippen LogP contribution >= 0.6 is 0 Å². The van der Waals surface area contributed by atoms with Gasteiger partial charge in [0.2, 0.25) is 0 Å². The SMILES string of the molecule is Cc1cc(C)c(-c2c3nc(c(-c4c(C)cc(C)cc4C)c4ccc([nH]4)[13c](-c4ccc(C#CC(C)(C)O)cc4)c4nc(c(-c5c(C)cc(C)cc5C)c5ccc2[nH]5)C=C4)C=C3)c(C)c1. The van der Waals surface area contributed by atoms with Gasteiger partial charge in [0.15, 0.2) is 0 Å².